The van der Waals surface area contributed by atoms with Crippen molar-refractivity contribution in [3.63, 3.8) is 0 Å². The molecule has 0 spiro atoms. The van der Waals surface area contributed by atoms with E-state index in [0.717, 1.165) is 59.5 Å². The topological polar surface area (TPSA) is 110 Å². The Morgan fingerprint density at radius 2 is 1.49 bits per heavy atom. The van der Waals surface area contributed by atoms with Crippen molar-refractivity contribution in [2.75, 3.05) is 44.4 Å². The van der Waals surface area contributed by atoms with Gasteiger partial charge in [0.25, 0.3) is 5.69 Å². The first-order valence-corrected chi connectivity index (χ1v) is 19.4. The second kappa shape index (κ2) is 22.8. The largest absolute Gasteiger partial charge is 0.368 e. The maximum atomic E-state index is 12.1. The average molecular weight is 822 g/mol. The molecule has 63 heavy (non-hydrogen) atoms. The van der Waals surface area contributed by atoms with Crippen LogP contribution >= 0.6 is 0 Å². The molecule has 2 aromatic carbocycles. The highest BCUT2D eigenvalue weighted by atomic mass is 16.6. The van der Waals surface area contributed by atoms with E-state index in [0.29, 0.717) is 23.9 Å². The molecule has 0 bridgehead atoms. The number of rotatable bonds is 9. The van der Waals surface area contributed by atoms with Crippen molar-refractivity contribution in [3.05, 3.63) is 76.4 Å². The third-order valence-electron chi connectivity index (χ3n) is 9.19. The van der Waals surface area contributed by atoms with Crippen LogP contribution in [0.4, 0.5) is 23.0 Å². The van der Waals surface area contributed by atoms with Crippen molar-refractivity contribution < 1.29 is 4.92 Å². The van der Waals surface area contributed by atoms with Gasteiger partial charge >= 0.3 is 0 Å². The predicted molar refractivity (Wildman–Crippen MR) is 251 cm³/mol. The summed E-state index contributed by atoms with van der Waals surface area (Å²) in [5, 5.41) is 16.5. The molecule has 0 aliphatic carbocycles. The molecule has 11 heteroatoms. The third-order valence-corrected chi connectivity index (χ3v) is 9.19. The number of terminal acetylenes is 1. The smallest absolute Gasteiger partial charge is 0.294 e. The molecule has 0 radical (unpaired) electrons. The van der Waals surface area contributed by atoms with Gasteiger partial charge in [-0.15, -0.1) is 6.42 Å². The summed E-state index contributed by atoms with van der Waals surface area (Å²) in [7, 11) is 7.80. The SMILES string of the molecule is C#CC#CC#CC#CC#CC#CC#CC#CC#CC#CC.Cc1cc(N(C)CCN(C)C)c([N+](=O)[O-])cc1Nc1ncc(-c2nccn2C)c(-c2cn3c4c(cccc24)CCC3)n1. The van der Waals surface area contributed by atoms with Crippen LogP contribution in [0.15, 0.2) is 55.1 Å². The number of aromatic nitrogens is 5. The van der Waals surface area contributed by atoms with Gasteiger partial charge in [0.15, 0.2) is 0 Å². The van der Waals surface area contributed by atoms with Crippen LogP contribution in [-0.4, -0.2) is 68.1 Å². The second-order valence-corrected chi connectivity index (χ2v) is 13.8. The summed E-state index contributed by atoms with van der Waals surface area (Å²) >= 11 is 0. The van der Waals surface area contributed by atoms with Crippen molar-refractivity contribution in [2.24, 2.45) is 7.05 Å². The summed E-state index contributed by atoms with van der Waals surface area (Å²) in [6, 6.07) is 9.88. The number of nitro benzene ring substituents is 1. The Morgan fingerprint density at radius 3 is 2.06 bits per heavy atom. The number of likely N-dealkylation sites (N-methyl/N-ethyl adjacent to an activating group) is 2. The van der Waals surface area contributed by atoms with Crippen molar-refractivity contribution in [1.82, 2.24) is 29.0 Å². The Balaban J connectivity index is 0.000000303. The van der Waals surface area contributed by atoms with Crippen molar-refractivity contribution in [3.8, 4) is 142 Å². The van der Waals surface area contributed by atoms with Gasteiger partial charge in [0.05, 0.1) is 27.4 Å². The molecule has 1 aliphatic heterocycles. The van der Waals surface area contributed by atoms with E-state index in [9.17, 15) is 10.1 Å². The zero-order valence-electron chi connectivity index (χ0n) is 35.7. The van der Waals surface area contributed by atoms with Crippen molar-refractivity contribution in [1.29, 1.82) is 0 Å². The molecule has 304 valence electrons. The van der Waals surface area contributed by atoms with Gasteiger partial charge in [0.2, 0.25) is 5.95 Å². The predicted octanol–water partition coefficient (Wildman–Crippen LogP) is 6.07. The number of nitrogens with zero attached hydrogens (tertiary/aromatic N) is 8. The first-order valence-electron chi connectivity index (χ1n) is 19.4. The maximum absolute atomic E-state index is 12.1. The number of nitro groups is 1. The number of aryl methyl sites for hydroxylation is 4. The molecule has 0 fully saturated rings. The molecule has 0 unspecified atom stereocenters. The number of imidazole rings is 1. The molecule has 0 amide bonds. The van der Waals surface area contributed by atoms with Gasteiger partial charge in [-0.2, -0.15) is 0 Å². The van der Waals surface area contributed by atoms with Crippen LogP contribution in [0.5, 0.6) is 0 Å². The lowest BCUT2D eigenvalue weighted by Gasteiger charge is -2.22. The van der Waals surface area contributed by atoms with E-state index >= 15 is 0 Å². The fraction of sp³-hybridized carbons (Fsp3) is 0.212. The van der Waals surface area contributed by atoms with E-state index in [1.165, 1.54) is 11.1 Å². The molecule has 0 saturated heterocycles. The van der Waals surface area contributed by atoms with E-state index in [1.54, 1.807) is 25.4 Å². The summed E-state index contributed by atoms with van der Waals surface area (Å²) in [6.07, 6.45) is 14.7. The van der Waals surface area contributed by atoms with E-state index in [2.05, 4.69) is 162 Å². The van der Waals surface area contributed by atoms with Crippen molar-refractivity contribution >= 4 is 33.9 Å². The molecule has 0 atom stereocenters. The fourth-order valence-electron chi connectivity index (χ4n) is 6.31. The maximum Gasteiger partial charge on any atom is 0.294 e. The molecule has 6 rings (SSSR count). The molecule has 4 heterocycles. The van der Waals surface area contributed by atoms with Gasteiger partial charge in [-0.05, 0) is 153 Å². The fourth-order valence-corrected chi connectivity index (χ4v) is 6.31. The zero-order chi connectivity index (χ0) is 45.0. The molecule has 3 aromatic heterocycles. The van der Waals surface area contributed by atoms with Crippen molar-refractivity contribution in [2.45, 2.75) is 33.2 Å². The van der Waals surface area contributed by atoms with E-state index < -0.39 is 0 Å². The molecule has 0 saturated carbocycles. The summed E-state index contributed by atoms with van der Waals surface area (Å²) in [4.78, 5) is 30.0. The van der Waals surface area contributed by atoms with E-state index in [-0.39, 0.29) is 10.6 Å². The highest BCUT2D eigenvalue weighted by Crippen LogP contribution is 2.39. The number of hydrogen-bond acceptors (Lipinski definition) is 8. The Kier molecular flexibility index (Phi) is 16.3. The summed E-state index contributed by atoms with van der Waals surface area (Å²) in [6.45, 7) is 6.03. The van der Waals surface area contributed by atoms with E-state index in [1.807, 2.05) is 56.8 Å². The van der Waals surface area contributed by atoms with Gasteiger partial charge in [-0.1, -0.05) is 24.1 Å². The monoisotopic (exact) mass is 821 g/mol. The van der Waals surface area contributed by atoms with Crippen LogP contribution in [-0.2, 0) is 20.0 Å². The first-order chi connectivity index (χ1) is 30.6. The van der Waals surface area contributed by atoms with Gasteiger partial charge < -0.3 is 24.3 Å². The van der Waals surface area contributed by atoms with Crippen LogP contribution in [0, 0.1) is 136 Å². The van der Waals surface area contributed by atoms with E-state index in [4.69, 9.17) is 11.4 Å². The highest BCUT2D eigenvalue weighted by molar-refractivity contribution is 6.00. The van der Waals surface area contributed by atoms with Crippen LogP contribution in [0.3, 0.4) is 0 Å². The Labute approximate surface area is 369 Å². The van der Waals surface area contributed by atoms with Crippen LogP contribution in [0.2, 0.25) is 0 Å². The molecule has 11 nitrogen and oxygen atoms in total. The third kappa shape index (κ3) is 12.4. The number of anilines is 3. The second-order valence-electron chi connectivity index (χ2n) is 13.8. The lowest BCUT2D eigenvalue weighted by molar-refractivity contribution is -0.384. The first kappa shape index (κ1) is 44.9. The molecular weight excluding hydrogens is 783 g/mol. The molecule has 1 aliphatic rings. The van der Waals surface area contributed by atoms with Crippen LogP contribution < -0.4 is 10.2 Å². The summed E-state index contributed by atoms with van der Waals surface area (Å²) in [5.41, 5.74) is 7.23. The minimum Gasteiger partial charge on any atom is -0.368 e. The minimum atomic E-state index is -0.337. The quantitative estimate of drug-likeness (QED) is 0.109. The Morgan fingerprint density at radius 1 is 0.857 bits per heavy atom. The normalized spacial score (nSPS) is 9.75. The van der Waals surface area contributed by atoms with Gasteiger partial charge in [-0.25, -0.2) is 15.0 Å². The Hall–Kier alpha value is -9.17. The summed E-state index contributed by atoms with van der Waals surface area (Å²) < 4.78 is 4.27. The minimum absolute atomic E-state index is 0.0307. The number of benzene rings is 2. The molecular formula is C52H39N9O2. The molecule has 1 N–H and O–H groups in total. The Bertz CT molecular complexity index is 3220. The average Bonchev–Trinajstić information content (AvgIpc) is 3.88. The number of nitrogens with one attached hydrogen (secondary N) is 1. The lowest BCUT2D eigenvalue weighted by Crippen LogP contribution is -2.29. The number of hydrogen-bond donors (Lipinski definition) is 1. The van der Waals surface area contributed by atoms with Gasteiger partial charge in [0, 0.05) is 87.4 Å². The highest BCUT2D eigenvalue weighted by Gasteiger charge is 2.24. The van der Waals surface area contributed by atoms with Gasteiger partial charge in [-0.3, -0.25) is 10.1 Å². The zero-order valence-corrected chi connectivity index (χ0v) is 35.7. The number of para-hydroxylation sites is 1. The van der Waals surface area contributed by atoms with Crippen LogP contribution in [0.25, 0.3) is 33.5 Å². The van der Waals surface area contributed by atoms with Crippen LogP contribution in [0.1, 0.15) is 24.5 Å². The lowest BCUT2D eigenvalue weighted by atomic mass is 10.0. The molecule has 5 aromatic rings. The standard InChI is InChI=1S/C31H35N9O2.C21H4/c1-20-16-26(37(4)15-14-36(2)3)27(40(41)42)17-25(20)34-31-33-18-23(30-32-11-13-38(30)5)28(35-31)24-19-39-12-7-9-21-8-6-10-22(24)29(21)39;1-3-5-7-9-11-13-15-17-19-21-20-18-16-14-12-10-8-6-4-2/h6,8,10-11,13,16-19H,7,9,12,14-15H2,1-5H3,(H,33,34,35);1H,2H3. The summed E-state index contributed by atoms with van der Waals surface area (Å²) in [5.74, 6) is 48.0. The van der Waals surface area contributed by atoms with Gasteiger partial charge in [0.1, 0.15) is 11.5 Å².